The fourth-order valence-corrected chi connectivity index (χ4v) is 4.09. The van der Waals surface area contributed by atoms with Gasteiger partial charge >= 0.3 is 0 Å². The van der Waals surface area contributed by atoms with Gasteiger partial charge in [0, 0.05) is 35.6 Å². The van der Waals surface area contributed by atoms with Crippen LogP contribution in [0.25, 0.3) is 21.8 Å². The van der Waals surface area contributed by atoms with Crippen molar-refractivity contribution in [2.24, 2.45) is 4.99 Å². The first-order chi connectivity index (χ1) is 15.2. The third-order valence-corrected chi connectivity index (χ3v) is 5.89. The summed E-state index contributed by atoms with van der Waals surface area (Å²) in [5.41, 5.74) is 4.53. The van der Waals surface area contributed by atoms with Crippen molar-refractivity contribution >= 4 is 33.7 Å². The number of rotatable bonds is 9. The maximum atomic E-state index is 5.87. The minimum atomic E-state index is 0.709. The number of hydrogen-bond donors (Lipinski definition) is 0. The molecule has 160 valence electrons. The molecule has 31 heavy (non-hydrogen) atoms. The Morgan fingerprint density at radius 2 is 1.61 bits per heavy atom. The lowest BCUT2D eigenvalue weighted by Gasteiger charge is -2.17. The molecule has 3 aromatic carbocycles. The maximum Gasteiger partial charge on any atom is 0.119 e. The minimum absolute atomic E-state index is 0.709. The first kappa shape index (κ1) is 21.1. The second-order valence-electron chi connectivity index (χ2n) is 7.67. The predicted molar refractivity (Wildman–Crippen MR) is 132 cm³/mol. The zero-order valence-electron chi connectivity index (χ0n) is 18.7. The quantitative estimate of drug-likeness (QED) is 0.302. The SMILES string of the molecule is CCN(CC)CCOc1ccc(C=Nc2ccc3c4ccccc4n(CC)c3c2)cc1. The van der Waals surface area contributed by atoms with Gasteiger partial charge in [-0.2, -0.15) is 0 Å². The number of nitrogens with zero attached hydrogens (tertiary/aromatic N) is 3. The molecule has 4 rings (SSSR count). The first-order valence-corrected chi connectivity index (χ1v) is 11.2. The molecule has 0 bridgehead atoms. The fourth-order valence-electron chi connectivity index (χ4n) is 4.09. The molecule has 0 spiro atoms. The van der Waals surface area contributed by atoms with E-state index in [1.54, 1.807) is 0 Å². The molecule has 4 heteroatoms. The van der Waals surface area contributed by atoms with Crippen molar-refractivity contribution in [3.63, 3.8) is 0 Å². The van der Waals surface area contributed by atoms with Crippen LogP contribution in [0.4, 0.5) is 5.69 Å². The molecule has 1 heterocycles. The van der Waals surface area contributed by atoms with E-state index in [-0.39, 0.29) is 0 Å². The summed E-state index contributed by atoms with van der Waals surface area (Å²) in [6, 6.07) is 23.2. The third-order valence-electron chi connectivity index (χ3n) is 5.89. The van der Waals surface area contributed by atoms with Crippen LogP contribution < -0.4 is 4.74 Å². The molecule has 1 aromatic heterocycles. The molecular formula is C27H31N3O. The fraction of sp³-hybridized carbons (Fsp3) is 0.296. The Hall–Kier alpha value is -3.11. The number of likely N-dealkylation sites (N-methyl/N-ethyl adjacent to an activating group) is 1. The molecule has 0 unspecified atom stereocenters. The van der Waals surface area contributed by atoms with E-state index in [1.165, 1.54) is 21.8 Å². The highest BCUT2D eigenvalue weighted by molar-refractivity contribution is 6.08. The maximum absolute atomic E-state index is 5.87. The van der Waals surface area contributed by atoms with Crippen molar-refractivity contribution in [3.05, 3.63) is 72.3 Å². The number of para-hydroxylation sites is 1. The first-order valence-electron chi connectivity index (χ1n) is 11.2. The molecule has 0 aliphatic rings. The smallest absolute Gasteiger partial charge is 0.119 e. The van der Waals surface area contributed by atoms with Gasteiger partial charge in [0.05, 0.1) is 11.2 Å². The van der Waals surface area contributed by atoms with Crippen molar-refractivity contribution in [1.82, 2.24) is 9.47 Å². The zero-order valence-corrected chi connectivity index (χ0v) is 18.7. The molecule has 0 N–H and O–H groups in total. The Balaban J connectivity index is 1.47. The second-order valence-corrected chi connectivity index (χ2v) is 7.67. The van der Waals surface area contributed by atoms with Gasteiger partial charge in [0.1, 0.15) is 12.4 Å². The van der Waals surface area contributed by atoms with Crippen LogP contribution in [0.15, 0.2) is 71.7 Å². The Labute approximate surface area is 184 Å². The number of fused-ring (bicyclic) bond motifs is 3. The Morgan fingerprint density at radius 3 is 2.35 bits per heavy atom. The van der Waals surface area contributed by atoms with E-state index in [0.717, 1.165) is 43.2 Å². The van der Waals surface area contributed by atoms with Crippen molar-refractivity contribution in [2.45, 2.75) is 27.3 Å². The Morgan fingerprint density at radius 1 is 0.871 bits per heavy atom. The highest BCUT2D eigenvalue weighted by Gasteiger charge is 2.09. The van der Waals surface area contributed by atoms with Gasteiger partial charge in [-0.05, 0) is 68.0 Å². The van der Waals surface area contributed by atoms with E-state index in [2.05, 4.69) is 84.8 Å². The third kappa shape index (κ3) is 4.64. The average molecular weight is 414 g/mol. The van der Waals surface area contributed by atoms with Crippen molar-refractivity contribution in [1.29, 1.82) is 0 Å². The highest BCUT2D eigenvalue weighted by atomic mass is 16.5. The van der Waals surface area contributed by atoms with E-state index in [1.807, 2.05) is 18.3 Å². The summed E-state index contributed by atoms with van der Waals surface area (Å²) in [6.45, 7) is 11.3. The van der Waals surface area contributed by atoms with Crippen LogP contribution in [0.1, 0.15) is 26.3 Å². The monoisotopic (exact) mass is 413 g/mol. The second kappa shape index (κ2) is 9.80. The summed E-state index contributed by atoms with van der Waals surface area (Å²) in [7, 11) is 0. The highest BCUT2D eigenvalue weighted by Crippen LogP contribution is 2.31. The van der Waals surface area contributed by atoms with Gasteiger partial charge in [0.2, 0.25) is 0 Å². The van der Waals surface area contributed by atoms with Gasteiger partial charge in [-0.1, -0.05) is 38.1 Å². The van der Waals surface area contributed by atoms with E-state index in [4.69, 9.17) is 9.73 Å². The summed E-state index contributed by atoms with van der Waals surface area (Å²) in [4.78, 5) is 7.08. The molecule has 0 amide bonds. The van der Waals surface area contributed by atoms with Crippen molar-refractivity contribution < 1.29 is 4.74 Å². The summed E-state index contributed by atoms with van der Waals surface area (Å²) in [6.07, 6.45) is 1.92. The van der Waals surface area contributed by atoms with E-state index in [0.29, 0.717) is 6.61 Å². The average Bonchev–Trinajstić information content (AvgIpc) is 3.14. The summed E-state index contributed by atoms with van der Waals surface area (Å²) in [5, 5.41) is 2.58. The largest absolute Gasteiger partial charge is 0.492 e. The lowest BCUT2D eigenvalue weighted by atomic mass is 10.1. The number of benzene rings is 3. The van der Waals surface area contributed by atoms with Gasteiger partial charge in [-0.15, -0.1) is 0 Å². The van der Waals surface area contributed by atoms with Crippen LogP contribution in [0.3, 0.4) is 0 Å². The van der Waals surface area contributed by atoms with Gasteiger partial charge in [-0.25, -0.2) is 0 Å². The van der Waals surface area contributed by atoms with Crippen molar-refractivity contribution in [2.75, 3.05) is 26.2 Å². The normalized spacial score (nSPS) is 11.9. The summed E-state index contributed by atoms with van der Waals surface area (Å²) < 4.78 is 8.23. The number of hydrogen-bond acceptors (Lipinski definition) is 3. The Bertz CT molecular complexity index is 1170. The lowest BCUT2D eigenvalue weighted by Crippen LogP contribution is -2.27. The van der Waals surface area contributed by atoms with Crippen LogP contribution in [0.5, 0.6) is 5.75 Å². The lowest BCUT2D eigenvalue weighted by molar-refractivity contribution is 0.223. The van der Waals surface area contributed by atoms with Crippen LogP contribution >= 0.6 is 0 Å². The van der Waals surface area contributed by atoms with E-state index >= 15 is 0 Å². The van der Waals surface area contributed by atoms with Crippen LogP contribution in [-0.2, 0) is 6.54 Å². The number of aromatic nitrogens is 1. The molecule has 4 aromatic rings. The van der Waals surface area contributed by atoms with Crippen LogP contribution in [0, 0.1) is 0 Å². The topological polar surface area (TPSA) is 29.8 Å². The van der Waals surface area contributed by atoms with E-state index < -0.39 is 0 Å². The molecular weight excluding hydrogens is 382 g/mol. The van der Waals surface area contributed by atoms with Gasteiger partial charge in [0.25, 0.3) is 0 Å². The zero-order chi connectivity index (χ0) is 21.6. The predicted octanol–water partition coefficient (Wildman–Crippen LogP) is 6.29. The summed E-state index contributed by atoms with van der Waals surface area (Å²) in [5.74, 6) is 0.901. The molecule has 0 aliphatic carbocycles. The van der Waals surface area contributed by atoms with Crippen LogP contribution in [0.2, 0.25) is 0 Å². The van der Waals surface area contributed by atoms with Gasteiger partial charge in [0.15, 0.2) is 0 Å². The number of aliphatic imine (C=N–C) groups is 1. The molecule has 0 fully saturated rings. The molecule has 0 saturated heterocycles. The van der Waals surface area contributed by atoms with E-state index in [9.17, 15) is 0 Å². The molecule has 0 saturated carbocycles. The standard InChI is InChI=1S/C27H31N3O/c1-4-29(5-2)17-18-31-23-14-11-21(12-15-23)20-28-22-13-16-25-24-9-7-8-10-26(24)30(6-3)27(25)19-22/h7-16,19-20H,4-6,17-18H2,1-3H3. The van der Waals surface area contributed by atoms with Crippen LogP contribution in [-0.4, -0.2) is 41.9 Å². The Kier molecular flexibility index (Phi) is 6.68. The van der Waals surface area contributed by atoms with Gasteiger partial charge in [-0.3, -0.25) is 4.99 Å². The van der Waals surface area contributed by atoms with Gasteiger partial charge < -0.3 is 14.2 Å². The summed E-state index contributed by atoms with van der Waals surface area (Å²) >= 11 is 0. The molecule has 0 aliphatic heterocycles. The number of aryl methyl sites for hydroxylation is 1. The number of ether oxygens (including phenoxy) is 1. The van der Waals surface area contributed by atoms with Crippen molar-refractivity contribution in [3.8, 4) is 5.75 Å². The molecule has 0 atom stereocenters. The molecule has 0 radical (unpaired) electrons. The minimum Gasteiger partial charge on any atom is -0.492 e. The molecule has 4 nitrogen and oxygen atoms in total.